The molecule has 5 nitrogen and oxygen atoms in total. The molecule has 100 valence electrons. The number of hydrogen-bond acceptors (Lipinski definition) is 3. The van der Waals surface area contributed by atoms with E-state index in [2.05, 4.69) is 41.2 Å². The fraction of sp³-hybridized carbons (Fsp3) is 0.600. The second kappa shape index (κ2) is 8.33. The van der Waals surface area contributed by atoms with E-state index in [-0.39, 0.29) is 36.7 Å². The van der Waals surface area contributed by atoms with Crippen LogP contribution in [0.2, 0.25) is 0 Å². The average Bonchev–Trinajstić information content (AvgIpc) is 2.49. The van der Waals surface area contributed by atoms with E-state index in [9.17, 15) is 4.79 Å². The molecular weight excluding hydrogens is 263 g/mol. The van der Waals surface area contributed by atoms with Gasteiger partial charge in [0.1, 0.15) is 0 Å². The molecule has 0 fully saturated rings. The van der Waals surface area contributed by atoms with E-state index in [4.69, 9.17) is 5.73 Å². The zero-order valence-corrected chi connectivity index (χ0v) is 11.8. The van der Waals surface area contributed by atoms with Crippen LogP contribution in [0.3, 0.4) is 0 Å². The molecule has 2 atom stereocenters. The highest BCUT2D eigenvalue weighted by Crippen LogP contribution is 2.14. The van der Waals surface area contributed by atoms with Crippen LogP contribution in [0.15, 0.2) is 17.1 Å². The van der Waals surface area contributed by atoms with Gasteiger partial charge in [0, 0.05) is 19.1 Å². The molecule has 1 rings (SSSR count). The van der Waals surface area contributed by atoms with Crippen LogP contribution in [0.25, 0.3) is 0 Å². The molecule has 0 aliphatic carbocycles. The number of aliphatic imine (C=N–C) groups is 1. The first kappa shape index (κ1) is 18.6. The van der Waals surface area contributed by atoms with Crippen molar-refractivity contribution in [3.63, 3.8) is 0 Å². The highest BCUT2D eigenvalue weighted by atomic mass is 35.5. The second-order valence-corrected chi connectivity index (χ2v) is 3.70. The maximum absolute atomic E-state index is 11.5. The molecule has 1 unspecified atom stereocenters. The Labute approximate surface area is 114 Å². The van der Waals surface area contributed by atoms with Crippen LogP contribution in [0.5, 0.6) is 0 Å². The molecule has 1 amide bonds. The molecule has 1 heterocycles. The molecule has 1 aliphatic heterocycles. The summed E-state index contributed by atoms with van der Waals surface area (Å²) in [6, 6.07) is 0.594. The third-order valence-corrected chi connectivity index (χ3v) is 2.55. The number of guanidine groups is 1. The van der Waals surface area contributed by atoms with Gasteiger partial charge in [0.15, 0.2) is 5.96 Å². The Morgan fingerprint density at radius 1 is 1.35 bits per heavy atom. The maximum Gasteiger partial charge on any atom is 0.240 e. The number of nitrogens with two attached hydrogens (primary N) is 1. The molecule has 1 aliphatic rings. The highest BCUT2D eigenvalue weighted by Gasteiger charge is 2.24. The summed E-state index contributed by atoms with van der Waals surface area (Å²) in [5.74, 6) is 0.0352. The zero-order chi connectivity index (χ0) is 11.4. The van der Waals surface area contributed by atoms with Gasteiger partial charge >= 0.3 is 0 Å². The van der Waals surface area contributed by atoms with Crippen molar-refractivity contribution in [1.82, 2.24) is 10.2 Å². The van der Waals surface area contributed by atoms with Gasteiger partial charge < -0.3 is 5.73 Å². The summed E-state index contributed by atoms with van der Waals surface area (Å²) in [4.78, 5) is 17.3. The monoisotopic (exact) mass is 282 g/mol. The van der Waals surface area contributed by atoms with Gasteiger partial charge in [-0.2, -0.15) is 0 Å². The molecular formula is C10H20Cl2N4O. The maximum atomic E-state index is 11.5. The molecule has 0 spiro atoms. The molecule has 0 aromatic rings. The first-order valence-electron chi connectivity index (χ1n) is 5.00. The van der Waals surface area contributed by atoms with E-state index in [1.807, 2.05) is 0 Å². The van der Waals surface area contributed by atoms with Crippen molar-refractivity contribution in [3.05, 3.63) is 12.2 Å². The highest BCUT2D eigenvalue weighted by molar-refractivity contribution is 5.96. The molecule has 3 N–H and O–H groups in total. The number of halogens is 2. The largest absolute Gasteiger partial charge is 0.370 e. The van der Waals surface area contributed by atoms with E-state index < -0.39 is 0 Å². The number of carbonyl (C=O) groups is 1. The van der Waals surface area contributed by atoms with Crippen LogP contribution in [0, 0.1) is 0 Å². The molecule has 7 heteroatoms. The van der Waals surface area contributed by atoms with Crippen molar-refractivity contribution >= 4 is 36.7 Å². The Hall–Kier alpha value is -0.780. The van der Waals surface area contributed by atoms with Gasteiger partial charge in [-0.15, -0.1) is 24.8 Å². The van der Waals surface area contributed by atoms with E-state index in [0.717, 1.165) is 0 Å². The third kappa shape index (κ3) is 5.39. The average molecular weight is 283 g/mol. The summed E-state index contributed by atoms with van der Waals surface area (Å²) in [5, 5.41) is 2.52. The summed E-state index contributed by atoms with van der Waals surface area (Å²) in [5.41, 5.74) is 5.40. The van der Waals surface area contributed by atoms with E-state index in [0.29, 0.717) is 18.6 Å². The standard InChI is InChI=1S/C10H18N4O.2ClH/c1-7-4-5-8(2)14(7)6-9(15)13-10(11)12-3;;/h4-5,7-8H,6H2,1-3H3,(H3,11,12,13,15);2*1H/t7-,8?;;/m1../s1. The van der Waals surface area contributed by atoms with Crippen LogP contribution in [-0.2, 0) is 4.79 Å². The number of amides is 1. The van der Waals surface area contributed by atoms with Gasteiger partial charge in [0.2, 0.25) is 5.91 Å². The van der Waals surface area contributed by atoms with E-state index >= 15 is 0 Å². The molecule has 0 bridgehead atoms. The predicted octanol–water partition coefficient (Wildman–Crippen LogP) is 0.539. The number of nitrogens with one attached hydrogen (secondary N) is 1. The lowest BCUT2D eigenvalue weighted by atomic mass is 10.3. The Morgan fingerprint density at radius 3 is 2.24 bits per heavy atom. The minimum atomic E-state index is -0.125. The van der Waals surface area contributed by atoms with Crippen LogP contribution in [-0.4, -0.2) is 42.4 Å². The van der Waals surface area contributed by atoms with Crippen LogP contribution in [0.4, 0.5) is 0 Å². The molecule has 0 saturated heterocycles. The Balaban J connectivity index is 0. The van der Waals surface area contributed by atoms with Crippen molar-refractivity contribution in [2.24, 2.45) is 10.7 Å². The molecule has 0 aromatic heterocycles. The van der Waals surface area contributed by atoms with Crippen molar-refractivity contribution in [3.8, 4) is 0 Å². The lowest BCUT2D eigenvalue weighted by Gasteiger charge is -2.25. The summed E-state index contributed by atoms with van der Waals surface area (Å²) in [6.45, 7) is 4.46. The van der Waals surface area contributed by atoms with Crippen LogP contribution < -0.4 is 11.1 Å². The van der Waals surface area contributed by atoms with Crippen molar-refractivity contribution in [1.29, 1.82) is 0 Å². The van der Waals surface area contributed by atoms with Gasteiger partial charge in [-0.3, -0.25) is 20.0 Å². The first-order valence-corrected chi connectivity index (χ1v) is 5.00. The van der Waals surface area contributed by atoms with Gasteiger partial charge in [-0.05, 0) is 13.8 Å². The van der Waals surface area contributed by atoms with Gasteiger partial charge in [-0.1, -0.05) is 12.2 Å². The minimum absolute atomic E-state index is 0. The van der Waals surface area contributed by atoms with Crippen molar-refractivity contribution in [2.75, 3.05) is 13.6 Å². The summed E-state index contributed by atoms with van der Waals surface area (Å²) >= 11 is 0. The van der Waals surface area contributed by atoms with E-state index in [1.165, 1.54) is 7.05 Å². The van der Waals surface area contributed by atoms with Crippen molar-refractivity contribution in [2.45, 2.75) is 25.9 Å². The SMILES string of the molecule is CN=C(N)NC(=O)CN1C(C)C=C[C@H]1C.Cl.Cl. The Bertz CT molecular complexity index is 295. The number of carbonyl (C=O) groups excluding carboxylic acids is 1. The molecule has 0 aromatic carbocycles. The van der Waals surface area contributed by atoms with Crippen LogP contribution in [0.1, 0.15) is 13.8 Å². The number of hydrogen-bond donors (Lipinski definition) is 2. The zero-order valence-electron chi connectivity index (χ0n) is 10.2. The Morgan fingerprint density at radius 2 is 1.82 bits per heavy atom. The van der Waals surface area contributed by atoms with E-state index in [1.54, 1.807) is 0 Å². The lowest BCUT2D eigenvalue weighted by Crippen LogP contribution is -2.46. The lowest BCUT2D eigenvalue weighted by molar-refractivity contribution is -0.121. The normalized spacial score (nSPS) is 23.8. The number of nitrogens with zero attached hydrogens (tertiary/aromatic N) is 2. The first-order chi connectivity index (χ1) is 7.04. The second-order valence-electron chi connectivity index (χ2n) is 3.70. The quantitative estimate of drug-likeness (QED) is 0.441. The Kier molecular flexibility index (Phi) is 9.11. The van der Waals surface area contributed by atoms with Gasteiger partial charge in [-0.25, -0.2) is 0 Å². The minimum Gasteiger partial charge on any atom is -0.370 e. The molecule has 17 heavy (non-hydrogen) atoms. The fourth-order valence-electron chi connectivity index (χ4n) is 1.61. The topological polar surface area (TPSA) is 70.7 Å². The van der Waals surface area contributed by atoms with Gasteiger partial charge in [0.05, 0.1) is 6.54 Å². The fourth-order valence-corrected chi connectivity index (χ4v) is 1.61. The summed E-state index contributed by atoms with van der Waals surface area (Å²) in [7, 11) is 1.54. The molecule has 0 saturated carbocycles. The van der Waals surface area contributed by atoms with Crippen LogP contribution >= 0.6 is 24.8 Å². The predicted molar refractivity (Wildman–Crippen MR) is 75.0 cm³/mol. The smallest absolute Gasteiger partial charge is 0.240 e. The molecule has 0 radical (unpaired) electrons. The third-order valence-electron chi connectivity index (χ3n) is 2.55. The van der Waals surface area contributed by atoms with Gasteiger partial charge in [0.25, 0.3) is 0 Å². The summed E-state index contributed by atoms with van der Waals surface area (Å²) < 4.78 is 0. The number of rotatable bonds is 2. The summed E-state index contributed by atoms with van der Waals surface area (Å²) in [6.07, 6.45) is 4.18. The van der Waals surface area contributed by atoms with Crippen molar-refractivity contribution < 1.29 is 4.79 Å².